The van der Waals surface area contributed by atoms with Crippen LogP contribution >= 0.6 is 0 Å². The van der Waals surface area contributed by atoms with Gasteiger partial charge < -0.3 is 9.47 Å². The molecule has 168 valence electrons. The van der Waals surface area contributed by atoms with Crippen LogP contribution in [0.5, 0.6) is 5.75 Å². The number of rotatable bonds is 17. The highest BCUT2D eigenvalue weighted by atomic mass is 16.6. The van der Waals surface area contributed by atoms with Crippen molar-refractivity contribution in [2.75, 3.05) is 6.61 Å². The Morgan fingerprint density at radius 3 is 1.93 bits per heavy atom. The van der Waals surface area contributed by atoms with Crippen molar-refractivity contribution in [3.05, 3.63) is 34.4 Å². The van der Waals surface area contributed by atoms with Gasteiger partial charge in [-0.15, -0.1) is 0 Å². The van der Waals surface area contributed by atoms with Gasteiger partial charge in [0.05, 0.1) is 11.5 Å². The van der Waals surface area contributed by atoms with Gasteiger partial charge in [0.15, 0.2) is 0 Å². The Balaban J connectivity index is 1.94. The summed E-state index contributed by atoms with van der Waals surface area (Å²) in [6, 6.07) is 5.47. The molecule has 7 nitrogen and oxygen atoms in total. The third-order valence-electron chi connectivity index (χ3n) is 4.80. The largest absolute Gasteiger partial charge is 0.466 e. The lowest BCUT2D eigenvalue weighted by Crippen LogP contribution is -2.07. The van der Waals surface area contributed by atoms with E-state index in [1.165, 1.54) is 43.5 Å². The molecule has 0 fully saturated rings. The number of unbranched alkanes of at least 4 members (excludes halogenated alkanes) is 9. The van der Waals surface area contributed by atoms with Crippen LogP contribution in [0.1, 0.15) is 90.4 Å². The molecule has 0 spiro atoms. The third-order valence-corrected chi connectivity index (χ3v) is 4.80. The number of hydrogen-bond donors (Lipinski definition) is 0. The molecule has 0 heterocycles. The van der Waals surface area contributed by atoms with Crippen LogP contribution in [0.15, 0.2) is 24.3 Å². The normalized spacial score (nSPS) is 10.6. The second-order valence-corrected chi connectivity index (χ2v) is 7.48. The smallest absolute Gasteiger partial charge is 0.311 e. The number of ether oxygens (including phenoxy) is 2. The minimum Gasteiger partial charge on any atom is -0.466 e. The highest BCUT2D eigenvalue weighted by Gasteiger charge is 2.08. The van der Waals surface area contributed by atoms with Gasteiger partial charge in [-0.1, -0.05) is 58.3 Å². The first kappa shape index (κ1) is 25.6. The second kappa shape index (κ2) is 16.4. The predicted molar refractivity (Wildman–Crippen MR) is 115 cm³/mol. The summed E-state index contributed by atoms with van der Waals surface area (Å²) in [5, 5.41) is 10.6. The molecule has 0 radical (unpaired) electrons. The fourth-order valence-corrected chi connectivity index (χ4v) is 3.03. The number of esters is 2. The van der Waals surface area contributed by atoms with Crippen molar-refractivity contribution >= 4 is 17.6 Å². The van der Waals surface area contributed by atoms with Gasteiger partial charge in [0.25, 0.3) is 5.69 Å². The Kier molecular flexibility index (Phi) is 14.0. The Bertz CT molecular complexity index is 629. The molecular formula is C23H35NO6. The Labute approximate surface area is 179 Å². The monoisotopic (exact) mass is 421 g/mol. The van der Waals surface area contributed by atoms with E-state index in [-0.39, 0.29) is 17.6 Å². The predicted octanol–water partition coefficient (Wildman–Crippen LogP) is 6.13. The van der Waals surface area contributed by atoms with E-state index in [4.69, 9.17) is 9.47 Å². The van der Waals surface area contributed by atoms with E-state index in [1.54, 1.807) is 0 Å². The molecular weight excluding hydrogens is 386 g/mol. The minimum atomic E-state index is -0.496. The van der Waals surface area contributed by atoms with Crippen molar-refractivity contribution in [1.82, 2.24) is 0 Å². The highest BCUT2D eigenvalue weighted by molar-refractivity contribution is 5.72. The van der Waals surface area contributed by atoms with Crippen LogP contribution in [0.4, 0.5) is 5.69 Å². The first-order chi connectivity index (χ1) is 14.5. The molecule has 0 N–H and O–H groups in total. The van der Waals surface area contributed by atoms with Crippen molar-refractivity contribution in [2.24, 2.45) is 0 Å². The fourth-order valence-electron chi connectivity index (χ4n) is 3.03. The molecule has 30 heavy (non-hydrogen) atoms. The van der Waals surface area contributed by atoms with Crippen LogP contribution in [0, 0.1) is 10.1 Å². The quantitative estimate of drug-likeness (QED) is 0.0986. The van der Waals surface area contributed by atoms with Crippen LogP contribution in [0.3, 0.4) is 0 Å². The number of nitrogens with zero attached hydrogens (tertiary/aromatic N) is 1. The molecule has 0 saturated carbocycles. The topological polar surface area (TPSA) is 95.7 Å². The molecule has 0 aliphatic heterocycles. The van der Waals surface area contributed by atoms with Gasteiger partial charge in [0.1, 0.15) is 5.75 Å². The summed E-state index contributed by atoms with van der Waals surface area (Å²) < 4.78 is 10.4. The molecule has 0 amide bonds. The van der Waals surface area contributed by atoms with Crippen LogP contribution in [-0.2, 0) is 14.3 Å². The average molecular weight is 422 g/mol. The summed E-state index contributed by atoms with van der Waals surface area (Å²) in [4.78, 5) is 33.5. The number of nitro benzene ring substituents is 1. The number of non-ortho nitro benzene ring substituents is 1. The van der Waals surface area contributed by atoms with Crippen molar-refractivity contribution in [1.29, 1.82) is 0 Å². The fraction of sp³-hybridized carbons (Fsp3) is 0.652. The lowest BCUT2D eigenvalue weighted by atomic mass is 10.1. The Morgan fingerprint density at radius 1 is 0.800 bits per heavy atom. The summed E-state index contributed by atoms with van der Waals surface area (Å²) in [6.07, 6.45) is 12.1. The zero-order chi connectivity index (χ0) is 22.0. The van der Waals surface area contributed by atoms with Crippen LogP contribution in [-0.4, -0.2) is 23.5 Å². The Morgan fingerprint density at radius 2 is 1.33 bits per heavy atom. The number of carbonyl (C=O) groups is 2. The van der Waals surface area contributed by atoms with E-state index < -0.39 is 4.92 Å². The minimum absolute atomic E-state index is 0.0366. The van der Waals surface area contributed by atoms with Gasteiger partial charge in [-0.05, 0) is 31.4 Å². The zero-order valence-corrected chi connectivity index (χ0v) is 18.1. The molecule has 0 bridgehead atoms. The maximum absolute atomic E-state index is 11.8. The summed E-state index contributed by atoms with van der Waals surface area (Å²) in [7, 11) is 0. The van der Waals surface area contributed by atoms with Crippen molar-refractivity contribution in [3.8, 4) is 5.75 Å². The molecule has 1 rings (SSSR count). The van der Waals surface area contributed by atoms with E-state index in [9.17, 15) is 19.7 Å². The van der Waals surface area contributed by atoms with Crippen LogP contribution < -0.4 is 4.74 Å². The summed E-state index contributed by atoms with van der Waals surface area (Å²) >= 11 is 0. The zero-order valence-electron chi connectivity index (χ0n) is 18.1. The maximum Gasteiger partial charge on any atom is 0.311 e. The first-order valence-corrected chi connectivity index (χ1v) is 11.1. The Hall–Kier alpha value is -2.44. The lowest BCUT2D eigenvalue weighted by molar-refractivity contribution is -0.384. The van der Waals surface area contributed by atoms with Crippen molar-refractivity contribution in [3.63, 3.8) is 0 Å². The van der Waals surface area contributed by atoms with Gasteiger partial charge >= 0.3 is 11.9 Å². The SMILES string of the molecule is CCCCCCCOC(=O)CCCCCCCCC(=O)Oc1ccc([N+](=O)[O-])cc1. The summed E-state index contributed by atoms with van der Waals surface area (Å²) in [5.74, 6) is -0.112. The van der Waals surface area contributed by atoms with Gasteiger partial charge in [-0.2, -0.15) is 0 Å². The van der Waals surface area contributed by atoms with E-state index >= 15 is 0 Å². The summed E-state index contributed by atoms with van der Waals surface area (Å²) in [6.45, 7) is 2.72. The van der Waals surface area contributed by atoms with E-state index in [0.717, 1.165) is 51.4 Å². The molecule has 0 aliphatic rings. The number of nitro groups is 1. The maximum atomic E-state index is 11.8. The van der Waals surface area contributed by atoms with Gasteiger partial charge in [-0.25, -0.2) is 0 Å². The first-order valence-electron chi connectivity index (χ1n) is 11.1. The molecule has 0 aromatic heterocycles. The average Bonchev–Trinajstić information content (AvgIpc) is 2.73. The summed E-state index contributed by atoms with van der Waals surface area (Å²) in [5.41, 5.74) is -0.0366. The molecule has 1 aromatic rings. The molecule has 1 aromatic carbocycles. The third kappa shape index (κ3) is 12.9. The van der Waals surface area contributed by atoms with E-state index in [1.807, 2.05) is 0 Å². The second-order valence-electron chi connectivity index (χ2n) is 7.48. The molecule has 0 atom stereocenters. The number of carbonyl (C=O) groups excluding carboxylic acids is 2. The van der Waals surface area contributed by atoms with E-state index in [0.29, 0.717) is 25.2 Å². The molecule has 0 aliphatic carbocycles. The highest BCUT2D eigenvalue weighted by Crippen LogP contribution is 2.18. The van der Waals surface area contributed by atoms with Gasteiger partial charge in [0.2, 0.25) is 0 Å². The van der Waals surface area contributed by atoms with Gasteiger partial charge in [0, 0.05) is 25.0 Å². The van der Waals surface area contributed by atoms with Crippen molar-refractivity contribution in [2.45, 2.75) is 90.4 Å². The number of hydrogen-bond acceptors (Lipinski definition) is 6. The van der Waals surface area contributed by atoms with Crippen LogP contribution in [0.25, 0.3) is 0 Å². The lowest BCUT2D eigenvalue weighted by Gasteiger charge is -2.05. The molecule has 7 heteroatoms. The van der Waals surface area contributed by atoms with Crippen LogP contribution in [0.2, 0.25) is 0 Å². The van der Waals surface area contributed by atoms with Gasteiger partial charge in [-0.3, -0.25) is 19.7 Å². The molecule has 0 unspecified atom stereocenters. The standard InChI is InChI=1S/C23H35NO6/c1-2-3-4-9-12-19-29-22(25)13-10-7-5-6-8-11-14-23(26)30-21-17-15-20(16-18-21)24(27)28/h15-18H,2-14,19H2,1H3. The van der Waals surface area contributed by atoms with Crippen molar-refractivity contribution < 1.29 is 24.0 Å². The number of benzene rings is 1. The molecule has 0 saturated heterocycles. The van der Waals surface area contributed by atoms with E-state index in [2.05, 4.69) is 6.92 Å².